The maximum atomic E-state index is 5.51. The second-order valence-corrected chi connectivity index (χ2v) is 4.32. The molecule has 2 heterocycles. The predicted molar refractivity (Wildman–Crippen MR) is 38.7 cm³/mol. The highest BCUT2D eigenvalue weighted by Crippen LogP contribution is 2.57. The van der Waals surface area contributed by atoms with Crippen LogP contribution in [0.25, 0.3) is 0 Å². The van der Waals surface area contributed by atoms with Gasteiger partial charge in [-0.3, -0.25) is 0 Å². The van der Waals surface area contributed by atoms with Crippen LogP contribution in [0.1, 0.15) is 27.7 Å². The third-order valence-corrected chi connectivity index (χ3v) is 3.23. The highest BCUT2D eigenvalue weighted by molar-refractivity contribution is 5.08. The van der Waals surface area contributed by atoms with Gasteiger partial charge in [0.1, 0.15) is 0 Å². The Balaban J connectivity index is 2.36. The van der Waals surface area contributed by atoms with Gasteiger partial charge >= 0.3 is 0 Å². The fourth-order valence-electron chi connectivity index (χ4n) is 1.63. The van der Waals surface area contributed by atoms with Crippen LogP contribution in [0.2, 0.25) is 0 Å². The summed E-state index contributed by atoms with van der Waals surface area (Å²) in [5.41, 5.74) is -0.236. The summed E-state index contributed by atoms with van der Waals surface area (Å²) in [6.07, 6.45) is 0. The normalized spacial score (nSPS) is 53.5. The standard InChI is InChI=1S/C8H14O3/c1-6(2)5-9-8(4)7(6,3)10-11-8/h5H2,1-4H3. The molecule has 0 aromatic carbocycles. The fourth-order valence-corrected chi connectivity index (χ4v) is 1.63. The maximum absolute atomic E-state index is 5.51. The lowest BCUT2D eigenvalue weighted by molar-refractivity contribution is -0.590. The topological polar surface area (TPSA) is 27.7 Å². The molecule has 0 spiro atoms. The molecule has 2 rings (SSSR count). The molecule has 0 aliphatic carbocycles. The van der Waals surface area contributed by atoms with Gasteiger partial charge in [0.15, 0.2) is 5.60 Å². The molecule has 64 valence electrons. The van der Waals surface area contributed by atoms with Gasteiger partial charge in [0.05, 0.1) is 6.61 Å². The second kappa shape index (κ2) is 1.63. The lowest BCUT2D eigenvalue weighted by Gasteiger charge is -2.51. The first-order valence-corrected chi connectivity index (χ1v) is 3.92. The smallest absolute Gasteiger partial charge is 0.231 e. The molecule has 0 saturated carbocycles. The molecule has 2 aliphatic heterocycles. The largest absolute Gasteiger partial charge is 0.345 e. The predicted octanol–water partition coefficient (Wildman–Crippen LogP) is 1.48. The van der Waals surface area contributed by atoms with E-state index in [1.807, 2.05) is 13.8 Å². The average Bonchev–Trinajstić information content (AvgIpc) is 2.03. The van der Waals surface area contributed by atoms with Gasteiger partial charge in [0, 0.05) is 5.41 Å². The second-order valence-electron chi connectivity index (χ2n) is 4.32. The van der Waals surface area contributed by atoms with E-state index in [1.165, 1.54) is 0 Å². The van der Waals surface area contributed by atoms with Crippen LogP contribution in [-0.4, -0.2) is 18.0 Å². The Labute approximate surface area is 66.6 Å². The number of hydrogen-bond donors (Lipinski definition) is 0. The SMILES string of the molecule is CC1(C)COC2(C)OOC12C. The Bertz CT molecular complexity index is 188. The van der Waals surface area contributed by atoms with E-state index in [0.717, 1.165) is 0 Å². The minimum absolute atomic E-state index is 0.0417. The molecule has 0 N–H and O–H groups in total. The van der Waals surface area contributed by atoms with Crippen molar-refractivity contribution in [2.75, 3.05) is 6.61 Å². The molecular formula is C8H14O3. The van der Waals surface area contributed by atoms with E-state index in [1.54, 1.807) is 0 Å². The van der Waals surface area contributed by atoms with Gasteiger partial charge in [-0.25, -0.2) is 4.89 Å². The van der Waals surface area contributed by atoms with Crippen molar-refractivity contribution >= 4 is 0 Å². The quantitative estimate of drug-likeness (QED) is 0.500. The summed E-state index contributed by atoms with van der Waals surface area (Å²) < 4.78 is 5.51. The molecule has 3 nitrogen and oxygen atoms in total. The molecule has 2 fully saturated rings. The molecule has 3 heteroatoms. The van der Waals surface area contributed by atoms with Crippen LogP contribution in [0.3, 0.4) is 0 Å². The van der Waals surface area contributed by atoms with E-state index in [9.17, 15) is 0 Å². The van der Waals surface area contributed by atoms with Crippen molar-refractivity contribution < 1.29 is 14.5 Å². The Morgan fingerprint density at radius 3 is 1.82 bits per heavy atom. The highest BCUT2D eigenvalue weighted by Gasteiger charge is 2.71. The molecule has 2 atom stereocenters. The lowest BCUT2D eigenvalue weighted by Crippen LogP contribution is -2.65. The zero-order valence-electron chi connectivity index (χ0n) is 7.43. The number of rotatable bonds is 0. The molecule has 2 saturated heterocycles. The Morgan fingerprint density at radius 2 is 1.64 bits per heavy atom. The summed E-state index contributed by atoms with van der Waals surface area (Å²) in [7, 11) is 0. The van der Waals surface area contributed by atoms with Crippen LogP contribution in [0.5, 0.6) is 0 Å². The number of fused-ring (bicyclic) bond motifs is 1. The summed E-state index contributed by atoms with van der Waals surface area (Å²) in [4.78, 5) is 10.1. The first kappa shape index (κ1) is 7.53. The zero-order valence-corrected chi connectivity index (χ0v) is 7.43. The fraction of sp³-hybridized carbons (Fsp3) is 1.00. The van der Waals surface area contributed by atoms with Gasteiger partial charge in [-0.05, 0) is 13.8 Å². The van der Waals surface area contributed by atoms with Gasteiger partial charge in [0.2, 0.25) is 5.79 Å². The van der Waals surface area contributed by atoms with Crippen LogP contribution in [0.4, 0.5) is 0 Å². The van der Waals surface area contributed by atoms with Crippen molar-refractivity contribution in [3.05, 3.63) is 0 Å². The van der Waals surface area contributed by atoms with Crippen molar-refractivity contribution in [1.82, 2.24) is 0 Å². The molecule has 0 aromatic heterocycles. The van der Waals surface area contributed by atoms with Crippen molar-refractivity contribution in [2.24, 2.45) is 5.41 Å². The third-order valence-electron chi connectivity index (χ3n) is 3.23. The lowest BCUT2D eigenvalue weighted by atomic mass is 9.73. The maximum Gasteiger partial charge on any atom is 0.231 e. The van der Waals surface area contributed by atoms with E-state index in [-0.39, 0.29) is 11.0 Å². The summed E-state index contributed by atoms with van der Waals surface area (Å²) >= 11 is 0. The summed E-state index contributed by atoms with van der Waals surface area (Å²) in [5, 5.41) is 0. The number of ether oxygens (including phenoxy) is 1. The zero-order chi connectivity index (χ0) is 8.33. The summed E-state index contributed by atoms with van der Waals surface area (Å²) in [6, 6.07) is 0. The Hall–Kier alpha value is -0.120. The first-order valence-electron chi connectivity index (χ1n) is 3.92. The molecular weight excluding hydrogens is 144 g/mol. The van der Waals surface area contributed by atoms with Crippen LogP contribution < -0.4 is 0 Å². The van der Waals surface area contributed by atoms with Crippen molar-refractivity contribution in [3.8, 4) is 0 Å². The molecule has 0 bridgehead atoms. The monoisotopic (exact) mass is 158 g/mol. The van der Waals surface area contributed by atoms with Gasteiger partial charge in [0.25, 0.3) is 0 Å². The van der Waals surface area contributed by atoms with Crippen molar-refractivity contribution in [3.63, 3.8) is 0 Å². The number of hydrogen-bond acceptors (Lipinski definition) is 3. The van der Waals surface area contributed by atoms with E-state index < -0.39 is 5.79 Å². The van der Waals surface area contributed by atoms with Crippen molar-refractivity contribution in [2.45, 2.75) is 39.1 Å². The van der Waals surface area contributed by atoms with E-state index in [4.69, 9.17) is 14.5 Å². The van der Waals surface area contributed by atoms with Gasteiger partial charge in [-0.2, -0.15) is 4.89 Å². The van der Waals surface area contributed by atoms with Gasteiger partial charge in [-0.1, -0.05) is 13.8 Å². The minimum atomic E-state index is -0.517. The van der Waals surface area contributed by atoms with Crippen molar-refractivity contribution in [1.29, 1.82) is 0 Å². The minimum Gasteiger partial charge on any atom is -0.345 e. The molecule has 2 aliphatic rings. The third kappa shape index (κ3) is 0.604. The Kier molecular flexibility index (Phi) is 1.11. The highest BCUT2D eigenvalue weighted by atomic mass is 17.3. The van der Waals surface area contributed by atoms with Crippen LogP contribution in [0, 0.1) is 5.41 Å². The summed E-state index contributed by atoms with van der Waals surface area (Å²) in [5.74, 6) is -0.517. The van der Waals surface area contributed by atoms with Gasteiger partial charge in [-0.15, -0.1) is 0 Å². The van der Waals surface area contributed by atoms with Crippen LogP contribution in [-0.2, 0) is 14.5 Å². The van der Waals surface area contributed by atoms with E-state index in [0.29, 0.717) is 6.61 Å². The van der Waals surface area contributed by atoms with Gasteiger partial charge < -0.3 is 4.74 Å². The molecule has 11 heavy (non-hydrogen) atoms. The average molecular weight is 158 g/mol. The molecule has 0 amide bonds. The summed E-state index contributed by atoms with van der Waals surface area (Å²) in [6.45, 7) is 8.90. The van der Waals surface area contributed by atoms with Crippen LogP contribution in [0.15, 0.2) is 0 Å². The molecule has 0 aromatic rings. The molecule has 0 radical (unpaired) electrons. The first-order chi connectivity index (χ1) is 4.91. The van der Waals surface area contributed by atoms with E-state index in [2.05, 4.69) is 13.8 Å². The van der Waals surface area contributed by atoms with Crippen LogP contribution >= 0.6 is 0 Å². The van der Waals surface area contributed by atoms with E-state index >= 15 is 0 Å². The Morgan fingerprint density at radius 1 is 1.00 bits per heavy atom. The molecule has 2 unspecified atom stereocenters.